The SMILES string of the molecule is CCn1ncnc1CN1CCCC1(C)C(=O)O. The van der Waals surface area contributed by atoms with Crippen LogP contribution in [0.15, 0.2) is 6.33 Å². The highest BCUT2D eigenvalue weighted by molar-refractivity contribution is 5.78. The minimum atomic E-state index is -0.759. The monoisotopic (exact) mass is 238 g/mol. The fraction of sp³-hybridized carbons (Fsp3) is 0.727. The van der Waals surface area contributed by atoms with Gasteiger partial charge in [-0.3, -0.25) is 9.69 Å². The number of aryl methyl sites for hydroxylation is 1. The molecular weight excluding hydrogens is 220 g/mol. The second-order valence-corrected chi connectivity index (χ2v) is 4.60. The molecule has 0 radical (unpaired) electrons. The molecule has 1 aliphatic rings. The highest BCUT2D eigenvalue weighted by Gasteiger charge is 2.43. The minimum absolute atomic E-state index is 0.552. The fourth-order valence-corrected chi connectivity index (χ4v) is 2.36. The molecule has 2 heterocycles. The van der Waals surface area contributed by atoms with Crippen LogP contribution in [0.25, 0.3) is 0 Å². The van der Waals surface area contributed by atoms with E-state index < -0.39 is 11.5 Å². The van der Waals surface area contributed by atoms with Crippen molar-refractivity contribution in [3.05, 3.63) is 12.2 Å². The summed E-state index contributed by atoms with van der Waals surface area (Å²) in [6.45, 7) is 5.90. The number of nitrogens with zero attached hydrogens (tertiary/aromatic N) is 4. The summed E-state index contributed by atoms with van der Waals surface area (Å²) >= 11 is 0. The van der Waals surface area contributed by atoms with E-state index in [2.05, 4.69) is 10.1 Å². The lowest BCUT2D eigenvalue weighted by Crippen LogP contribution is -2.47. The Balaban J connectivity index is 2.16. The number of aliphatic carboxylic acids is 1. The van der Waals surface area contributed by atoms with Crippen molar-refractivity contribution in [3.8, 4) is 0 Å². The Kier molecular flexibility index (Phi) is 3.15. The Hall–Kier alpha value is -1.43. The Morgan fingerprint density at radius 3 is 3.06 bits per heavy atom. The highest BCUT2D eigenvalue weighted by Crippen LogP contribution is 2.30. The predicted octanol–water partition coefficient (Wildman–Crippen LogP) is 0.737. The number of carboxylic acids is 1. The van der Waals surface area contributed by atoms with E-state index in [0.29, 0.717) is 13.0 Å². The molecule has 0 spiro atoms. The summed E-state index contributed by atoms with van der Waals surface area (Å²) in [5, 5.41) is 13.4. The average Bonchev–Trinajstić information content (AvgIpc) is 2.88. The molecule has 94 valence electrons. The quantitative estimate of drug-likeness (QED) is 0.837. The molecule has 1 fully saturated rings. The minimum Gasteiger partial charge on any atom is -0.480 e. The van der Waals surface area contributed by atoms with Crippen molar-refractivity contribution in [1.29, 1.82) is 0 Å². The molecule has 1 saturated heterocycles. The van der Waals surface area contributed by atoms with Crippen molar-refractivity contribution in [2.75, 3.05) is 6.54 Å². The van der Waals surface area contributed by atoms with E-state index in [1.54, 1.807) is 11.6 Å². The molecule has 0 bridgehead atoms. The van der Waals surface area contributed by atoms with Crippen molar-refractivity contribution in [1.82, 2.24) is 19.7 Å². The third-order valence-electron chi connectivity index (χ3n) is 3.58. The van der Waals surface area contributed by atoms with E-state index in [0.717, 1.165) is 25.3 Å². The van der Waals surface area contributed by atoms with E-state index in [9.17, 15) is 9.90 Å². The maximum Gasteiger partial charge on any atom is 0.323 e. The van der Waals surface area contributed by atoms with E-state index >= 15 is 0 Å². The van der Waals surface area contributed by atoms with Crippen LogP contribution in [0.5, 0.6) is 0 Å². The van der Waals surface area contributed by atoms with Gasteiger partial charge >= 0.3 is 5.97 Å². The average molecular weight is 238 g/mol. The molecule has 2 rings (SSSR count). The fourth-order valence-electron chi connectivity index (χ4n) is 2.36. The lowest BCUT2D eigenvalue weighted by molar-refractivity contribution is -0.149. The lowest BCUT2D eigenvalue weighted by Gasteiger charge is -2.30. The van der Waals surface area contributed by atoms with Crippen LogP contribution in [0.1, 0.15) is 32.5 Å². The van der Waals surface area contributed by atoms with Gasteiger partial charge in [-0.1, -0.05) is 0 Å². The van der Waals surface area contributed by atoms with Crippen molar-refractivity contribution in [2.45, 2.75) is 45.3 Å². The Labute approximate surface area is 100 Å². The van der Waals surface area contributed by atoms with Gasteiger partial charge in [0.2, 0.25) is 0 Å². The number of carbonyl (C=O) groups is 1. The lowest BCUT2D eigenvalue weighted by atomic mass is 9.99. The number of hydrogen-bond donors (Lipinski definition) is 1. The zero-order chi connectivity index (χ0) is 12.5. The van der Waals surface area contributed by atoms with Crippen LogP contribution in [0, 0.1) is 0 Å². The van der Waals surface area contributed by atoms with Gasteiger partial charge in [0.25, 0.3) is 0 Å². The van der Waals surface area contributed by atoms with Crippen LogP contribution < -0.4 is 0 Å². The van der Waals surface area contributed by atoms with Crippen LogP contribution in [0.4, 0.5) is 0 Å². The number of carboxylic acid groups (broad SMARTS) is 1. The Morgan fingerprint density at radius 2 is 2.41 bits per heavy atom. The number of rotatable bonds is 4. The standard InChI is InChI=1S/C11H18N4O2/c1-3-15-9(12-8-13-15)7-14-6-4-5-11(14,2)10(16)17/h8H,3-7H2,1-2H3,(H,16,17). The number of aromatic nitrogens is 3. The molecule has 0 amide bonds. The van der Waals surface area contributed by atoms with E-state index in [-0.39, 0.29) is 0 Å². The number of hydrogen-bond acceptors (Lipinski definition) is 4. The summed E-state index contributed by atoms with van der Waals surface area (Å²) in [7, 11) is 0. The first-order valence-corrected chi connectivity index (χ1v) is 5.93. The third-order valence-corrected chi connectivity index (χ3v) is 3.58. The molecule has 1 aliphatic heterocycles. The molecule has 0 saturated carbocycles. The van der Waals surface area contributed by atoms with Crippen LogP contribution >= 0.6 is 0 Å². The molecular formula is C11H18N4O2. The van der Waals surface area contributed by atoms with Crippen LogP contribution in [0.2, 0.25) is 0 Å². The molecule has 6 heteroatoms. The van der Waals surface area contributed by atoms with Gasteiger partial charge in [0.1, 0.15) is 17.7 Å². The zero-order valence-corrected chi connectivity index (χ0v) is 10.3. The van der Waals surface area contributed by atoms with Crippen LogP contribution in [-0.2, 0) is 17.9 Å². The Bertz CT molecular complexity index is 417. The molecule has 1 N–H and O–H groups in total. The summed E-state index contributed by atoms with van der Waals surface area (Å²) in [6.07, 6.45) is 3.14. The topological polar surface area (TPSA) is 71.2 Å². The van der Waals surface area contributed by atoms with Gasteiger partial charge in [-0.2, -0.15) is 5.10 Å². The summed E-state index contributed by atoms with van der Waals surface area (Å²) in [5.74, 6) is 0.0828. The molecule has 1 aromatic rings. The number of likely N-dealkylation sites (tertiary alicyclic amines) is 1. The summed E-state index contributed by atoms with van der Waals surface area (Å²) in [4.78, 5) is 17.5. The van der Waals surface area contributed by atoms with Gasteiger partial charge in [-0.05, 0) is 33.2 Å². The molecule has 1 atom stereocenters. The van der Waals surface area contributed by atoms with Crippen LogP contribution in [-0.4, -0.2) is 42.8 Å². The van der Waals surface area contributed by atoms with Gasteiger partial charge in [-0.15, -0.1) is 0 Å². The van der Waals surface area contributed by atoms with Gasteiger partial charge in [-0.25, -0.2) is 9.67 Å². The van der Waals surface area contributed by atoms with Gasteiger partial charge in [0.05, 0.1) is 6.54 Å². The zero-order valence-electron chi connectivity index (χ0n) is 10.3. The van der Waals surface area contributed by atoms with Gasteiger partial charge < -0.3 is 5.11 Å². The molecule has 1 unspecified atom stereocenters. The second kappa shape index (κ2) is 4.44. The van der Waals surface area contributed by atoms with Gasteiger partial charge in [0, 0.05) is 6.54 Å². The second-order valence-electron chi connectivity index (χ2n) is 4.60. The first-order chi connectivity index (χ1) is 8.08. The normalized spacial score (nSPS) is 25.3. The molecule has 0 aliphatic carbocycles. The smallest absolute Gasteiger partial charge is 0.323 e. The van der Waals surface area contributed by atoms with Crippen molar-refractivity contribution in [2.24, 2.45) is 0 Å². The maximum absolute atomic E-state index is 11.3. The van der Waals surface area contributed by atoms with Crippen molar-refractivity contribution >= 4 is 5.97 Å². The Morgan fingerprint density at radius 1 is 1.65 bits per heavy atom. The van der Waals surface area contributed by atoms with Crippen molar-refractivity contribution < 1.29 is 9.90 Å². The van der Waals surface area contributed by atoms with E-state index in [1.807, 2.05) is 11.8 Å². The van der Waals surface area contributed by atoms with E-state index in [1.165, 1.54) is 6.33 Å². The summed E-state index contributed by atoms with van der Waals surface area (Å²) in [6, 6.07) is 0. The van der Waals surface area contributed by atoms with Gasteiger partial charge in [0.15, 0.2) is 0 Å². The molecule has 1 aromatic heterocycles. The molecule has 6 nitrogen and oxygen atoms in total. The largest absolute Gasteiger partial charge is 0.480 e. The molecule has 17 heavy (non-hydrogen) atoms. The first kappa shape index (κ1) is 12.0. The van der Waals surface area contributed by atoms with Crippen molar-refractivity contribution in [3.63, 3.8) is 0 Å². The predicted molar refractivity (Wildman–Crippen MR) is 61.4 cm³/mol. The first-order valence-electron chi connectivity index (χ1n) is 5.93. The summed E-state index contributed by atoms with van der Waals surface area (Å²) in [5.41, 5.74) is -0.759. The molecule has 0 aromatic carbocycles. The van der Waals surface area contributed by atoms with Crippen LogP contribution in [0.3, 0.4) is 0 Å². The maximum atomic E-state index is 11.3. The third kappa shape index (κ3) is 2.04. The summed E-state index contributed by atoms with van der Waals surface area (Å²) < 4.78 is 1.81. The van der Waals surface area contributed by atoms with E-state index in [4.69, 9.17) is 0 Å². The highest BCUT2D eigenvalue weighted by atomic mass is 16.4.